The highest BCUT2D eigenvalue weighted by Crippen LogP contribution is 2.41. The van der Waals surface area contributed by atoms with E-state index in [1.54, 1.807) is 12.1 Å². The zero-order valence-corrected chi connectivity index (χ0v) is 26.7. The zero-order valence-electron chi connectivity index (χ0n) is 24.3. The SMILES string of the molecule is CC(C)C[C@@H](NC1CC(CN2CCC(CCS(=O)(=O)c3ccc(F)cc3)CC2)C(c2cccc(F)c2)C1)C(=O)O.Cl.Cl. The Morgan fingerprint density at radius 3 is 2.29 bits per heavy atom. The fraction of sp³-hybridized carbons (Fsp3) is 0.581. The maximum absolute atomic E-state index is 14.1. The summed E-state index contributed by atoms with van der Waals surface area (Å²) in [6, 6.07) is 11.2. The van der Waals surface area contributed by atoms with Gasteiger partial charge in [0.25, 0.3) is 0 Å². The average molecular weight is 650 g/mol. The molecule has 1 aliphatic carbocycles. The first-order chi connectivity index (χ1) is 19.0. The number of aliphatic carboxylic acids is 1. The van der Waals surface area contributed by atoms with E-state index in [-0.39, 0.29) is 65.1 Å². The van der Waals surface area contributed by atoms with Crippen molar-refractivity contribution in [1.82, 2.24) is 10.2 Å². The van der Waals surface area contributed by atoms with E-state index in [9.17, 15) is 27.1 Å². The first kappa shape index (κ1) is 36.4. The Morgan fingerprint density at radius 2 is 1.69 bits per heavy atom. The van der Waals surface area contributed by atoms with E-state index in [0.717, 1.165) is 50.9 Å². The van der Waals surface area contributed by atoms with Gasteiger partial charge in [0.2, 0.25) is 0 Å². The number of likely N-dealkylation sites (tertiary alicyclic amines) is 1. The van der Waals surface area contributed by atoms with Crippen LogP contribution in [0.25, 0.3) is 0 Å². The number of hydrogen-bond acceptors (Lipinski definition) is 5. The van der Waals surface area contributed by atoms with E-state index in [0.29, 0.717) is 18.8 Å². The molecule has 11 heteroatoms. The predicted molar refractivity (Wildman–Crippen MR) is 166 cm³/mol. The molecule has 0 amide bonds. The van der Waals surface area contributed by atoms with E-state index < -0.39 is 27.7 Å². The molecule has 1 heterocycles. The van der Waals surface area contributed by atoms with Crippen LogP contribution in [0, 0.1) is 29.4 Å². The van der Waals surface area contributed by atoms with Gasteiger partial charge in [0.15, 0.2) is 9.84 Å². The molecule has 3 unspecified atom stereocenters. The third kappa shape index (κ3) is 10.2. The van der Waals surface area contributed by atoms with Crippen LogP contribution in [-0.2, 0) is 14.6 Å². The van der Waals surface area contributed by atoms with Crippen molar-refractivity contribution in [3.63, 3.8) is 0 Å². The fourth-order valence-electron chi connectivity index (χ4n) is 6.48. The zero-order chi connectivity index (χ0) is 28.9. The van der Waals surface area contributed by atoms with Crippen LogP contribution in [0.3, 0.4) is 0 Å². The number of piperidine rings is 1. The number of hydrogen-bond donors (Lipinski definition) is 2. The third-order valence-electron chi connectivity index (χ3n) is 8.58. The van der Waals surface area contributed by atoms with Crippen molar-refractivity contribution in [2.45, 2.75) is 75.3 Å². The molecule has 0 radical (unpaired) electrons. The van der Waals surface area contributed by atoms with Crippen LogP contribution in [0.2, 0.25) is 0 Å². The predicted octanol–water partition coefficient (Wildman–Crippen LogP) is 6.34. The smallest absolute Gasteiger partial charge is 0.320 e. The number of nitrogens with one attached hydrogen (secondary N) is 1. The van der Waals surface area contributed by atoms with E-state index in [1.165, 1.54) is 30.3 Å². The highest BCUT2D eigenvalue weighted by Gasteiger charge is 2.38. The number of carboxylic acids is 1. The molecule has 4 rings (SSSR count). The van der Waals surface area contributed by atoms with Crippen molar-refractivity contribution in [1.29, 1.82) is 0 Å². The van der Waals surface area contributed by atoms with Crippen LogP contribution in [0.5, 0.6) is 0 Å². The van der Waals surface area contributed by atoms with Crippen LogP contribution in [0.1, 0.15) is 63.9 Å². The molecule has 2 aromatic carbocycles. The first-order valence-electron chi connectivity index (χ1n) is 14.4. The molecule has 4 atom stereocenters. The van der Waals surface area contributed by atoms with Gasteiger partial charge < -0.3 is 15.3 Å². The molecule has 1 saturated carbocycles. The first-order valence-corrected chi connectivity index (χ1v) is 16.1. The maximum Gasteiger partial charge on any atom is 0.320 e. The van der Waals surface area contributed by atoms with Crippen LogP contribution in [0.4, 0.5) is 8.78 Å². The molecule has 2 N–H and O–H groups in total. The van der Waals surface area contributed by atoms with Crippen molar-refractivity contribution in [2.24, 2.45) is 17.8 Å². The number of benzene rings is 2. The summed E-state index contributed by atoms with van der Waals surface area (Å²) in [7, 11) is -3.44. The van der Waals surface area contributed by atoms with Crippen LogP contribution >= 0.6 is 24.8 Å². The van der Waals surface area contributed by atoms with Gasteiger partial charge in [-0.3, -0.25) is 4.79 Å². The van der Waals surface area contributed by atoms with E-state index in [4.69, 9.17) is 0 Å². The monoisotopic (exact) mass is 648 g/mol. The second kappa shape index (κ2) is 16.3. The fourth-order valence-corrected chi connectivity index (χ4v) is 7.91. The Hall–Kier alpha value is -1.78. The number of nitrogens with zero attached hydrogens (tertiary/aromatic N) is 1. The van der Waals surface area contributed by atoms with E-state index in [1.807, 2.05) is 19.9 Å². The number of carboxylic acid groups (broad SMARTS) is 1. The standard InChI is InChI=1S/C31H42F2N2O4S.2ClH/c1-21(2)16-30(31(36)37)34-27-18-24(29(19-27)23-4-3-5-26(33)17-23)20-35-13-10-22(11-14-35)12-15-40(38,39)28-8-6-25(32)7-9-28;;/h3-9,17,21-22,24,27,29-30,34H,10-16,18-20H2,1-2H3,(H,36,37);2*1H/t24?,27?,29?,30-;;/m1../s1. The van der Waals surface area contributed by atoms with Crippen LogP contribution in [-0.4, -0.2) is 61.9 Å². The molecule has 236 valence electrons. The third-order valence-corrected chi connectivity index (χ3v) is 10.3. The summed E-state index contributed by atoms with van der Waals surface area (Å²) in [6.07, 6.45) is 4.57. The maximum atomic E-state index is 14.1. The summed E-state index contributed by atoms with van der Waals surface area (Å²) in [6.45, 7) is 6.63. The van der Waals surface area contributed by atoms with Gasteiger partial charge in [-0.2, -0.15) is 0 Å². The summed E-state index contributed by atoms with van der Waals surface area (Å²) < 4.78 is 52.7. The Bertz CT molecular complexity index is 1240. The molecule has 1 aliphatic heterocycles. The number of sulfone groups is 1. The lowest BCUT2D eigenvalue weighted by molar-refractivity contribution is -0.140. The minimum absolute atomic E-state index is 0. The summed E-state index contributed by atoms with van der Waals surface area (Å²) >= 11 is 0. The van der Waals surface area contributed by atoms with Gasteiger partial charge in [-0.15, -0.1) is 24.8 Å². The van der Waals surface area contributed by atoms with Gasteiger partial charge in [-0.25, -0.2) is 17.2 Å². The molecule has 2 aromatic rings. The van der Waals surface area contributed by atoms with Crippen LogP contribution < -0.4 is 5.32 Å². The highest BCUT2D eigenvalue weighted by molar-refractivity contribution is 7.91. The van der Waals surface area contributed by atoms with Gasteiger partial charge in [0.05, 0.1) is 10.6 Å². The number of rotatable bonds is 12. The molecule has 2 fully saturated rings. The summed E-state index contributed by atoms with van der Waals surface area (Å²) in [5, 5.41) is 13.1. The van der Waals surface area contributed by atoms with Crippen molar-refractivity contribution in [3.05, 3.63) is 65.7 Å². The summed E-state index contributed by atoms with van der Waals surface area (Å²) in [5.74, 6) is -0.499. The lowest BCUT2D eigenvalue weighted by Gasteiger charge is -2.35. The lowest BCUT2D eigenvalue weighted by atomic mass is 9.87. The van der Waals surface area contributed by atoms with Gasteiger partial charge >= 0.3 is 5.97 Å². The van der Waals surface area contributed by atoms with Gasteiger partial charge in [-0.05, 0) is 117 Å². The molecule has 2 aliphatic rings. The minimum atomic E-state index is -3.44. The van der Waals surface area contributed by atoms with Crippen molar-refractivity contribution in [2.75, 3.05) is 25.4 Å². The van der Waals surface area contributed by atoms with Crippen LogP contribution in [0.15, 0.2) is 53.4 Å². The van der Waals surface area contributed by atoms with E-state index >= 15 is 0 Å². The number of halogens is 4. The largest absolute Gasteiger partial charge is 0.480 e. The minimum Gasteiger partial charge on any atom is -0.480 e. The Morgan fingerprint density at radius 1 is 1.02 bits per heavy atom. The Labute approximate surface area is 261 Å². The number of carbonyl (C=O) groups is 1. The molecular formula is C31H44Cl2F2N2O4S. The average Bonchev–Trinajstić information content (AvgIpc) is 3.30. The Kier molecular flexibility index (Phi) is 14.2. The van der Waals surface area contributed by atoms with Gasteiger partial charge in [0.1, 0.15) is 17.7 Å². The topological polar surface area (TPSA) is 86.7 Å². The second-order valence-corrected chi connectivity index (χ2v) is 14.2. The highest BCUT2D eigenvalue weighted by atomic mass is 35.5. The normalized spacial score (nSPS) is 22.4. The summed E-state index contributed by atoms with van der Waals surface area (Å²) in [4.78, 5) is 14.5. The van der Waals surface area contributed by atoms with Gasteiger partial charge in [-0.1, -0.05) is 26.0 Å². The van der Waals surface area contributed by atoms with Crippen molar-refractivity contribution < 1.29 is 27.1 Å². The Balaban J connectivity index is 0.00000308. The molecule has 0 spiro atoms. The summed E-state index contributed by atoms with van der Waals surface area (Å²) in [5.41, 5.74) is 0.964. The quantitative estimate of drug-likeness (QED) is 0.261. The van der Waals surface area contributed by atoms with E-state index in [2.05, 4.69) is 10.2 Å². The van der Waals surface area contributed by atoms with Crippen molar-refractivity contribution in [3.8, 4) is 0 Å². The second-order valence-electron chi connectivity index (χ2n) is 12.1. The van der Waals surface area contributed by atoms with Gasteiger partial charge in [0, 0.05) is 12.6 Å². The molecule has 1 saturated heterocycles. The molecular weight excluding hydrogens is 605 g/mol. The molecule has 0 aromatic heterocycles. The lowest BCUT2D eigenvalue weighted by Crippen LogP contribution is -2.43. The molecule has 42 heavy (non-hydrogen) atoms. The molecule has 6 nitrogen and oxygen atoms in total. The van der Waals surface area contributed by atoms with Crippen molar-refractivity contribution >= 4 is 40.6 Å². The molecule has 0 bridgehead atoms.